The van der Waals surface area contributed by atoms with E-state index in [4.69, 9.17) is 4.74 Å². The fourth-order valence-corrected chi connectivity index (χ4v) is 4.28. The summed E-state index contributed by atoms with van der Waals surface area (Å²) in [6.45, 7) is 3.41. The fraction of sp³-hybridized carbons (Fsp3) is 0.412. The summed E-state index contributed by atoms with van der Waals surface area (Å²) in [6.07, 6.45) is 2.40. The summed E-state index contributed by atoms with van der Waals surface area (Å²) < 4.78 is 47.6. The predicted octanol–water partition coefficient (Wildman–Crippen LogP) is 1.71. The highest BCUT2D eigenvalue weighted by Gasteiger charge is 2.29. The molecule has 2 heterocycles. The number of carbonyl (C=O) groups is 1. The molecule has 1 aliphatic heterocycles. The molecular weight excluding hydrogens is 375 g/mol. The molecule has 3 rings (SSSR count). The van der Waals surface area contributed by atoms with Crippen molar-refractivity contribution in [1.29, 1.82) is 0 Å². The van der Waals surface area contributed by atoms with Crippen LogP contribution in [0.2, 0.25) is 0 Å². The molecular formula is C17H21FN4O4S. The lowest BCUT2D eigenvalue weighted by Gasteiger charge is -2.26. The molecule has 1 fully saturated rings. The van der Waals surface area contributed by atoms with Gasteiger partial charge >= 0.3 is 0 Å². The number of ether oxygens (including phenoxy) is 1. The fourth-order valence-electron chi connectivity index (χ4n) is 2.79. The summed E-state index contributed by atoms with van der Waals surface area (Å²) in [4.78, 5) is 12.0. The number of hydrogen-bond donors (Lipinski definition) is 1. The molecule has 0 atom stereocenters. The lowest BCUT2D eigenvalue weighted by Crippen LogP contribution is -2.41. The maximum Gasteiger partial charge on any atom is 0.256 e. The van der Waals surface area contributed by atoms with Crippen molar-refractivity contribution >= 4 is 21.7 Å². The topological polar surface area (TPSA) is 93.5 Å². The molecule has 0 aliphatic carbocycles. The Hall–Kier alpha value is -2.30. The van der Waals surface area contributed by atoms with Crippen LogP contribution in [0, 0.1) is 5.82 Å². The average molecular weight is 396 g/mol. The molecule has 146 valence electrons. The normalized spacial score (nSPS) is 15.6. The first-order valence-corrected chi connectivity index (χ1v) is 10.1. The Morgan fingerprint density at radius 2 is 2.04 bits per heavy atom. The molecule has 1 N–H and O–H groups in total. The number of rotatable bonds is 6. The third-order valence-corrected chi connectivity index (χ3v) is 6.09. The van der Waals surface area contributed by atoms with Gasteiger partial charge in [0.2, 0.25) is 10.0 Å². The number of hydrogen-bond acceptors (Lipinski definition) is 5. The van der Waals surface area contributed by atoms with Crippen molar-refractivity contribution in [3.8, 4) is 0 Å². The van der Waals surface area contributed by atoms with E-state index in [-0.39, 0.29) is 31.9 Å². The minimum absolute atomic E-state index is 0.0486. The number of aryl methyl sites for hydroxylation is 1. The van der Waals surface area contributed by atoms with E-state index in [2.05, 4.69) is 10.4 Å². The largest absolute Gasteiger partial charge is 0.379 e. The molecule has 0 spiro atoms. The number of amides is 1. The summed E-state index contributed by atoms with van der Waals surface area (Å²) in [6, 6.07) is 4.95. The first-order valence-electron chi connectivity index (χ1n) is 8.64. The molecule has 1 aromatic carbocycles. The first kappa shape index (κ1) is 19.5. The van der Waals surface area contributed by atoms with E-state index in [1.54, 1.807) is 16.9 Å². The predicted molar refractivity (Wildman–Crippen MR) is 96.4 cm³/mol. The molecule has 1 aromatic heterocycles. The van der Waals surface area contributed by atoms with Gasteiger partial charge in [0.25, 0.3) is 5.91 Å². The van der Waals surface area contributed by atoms with Crippen molar-refractivity contribution in [2.45, 2.75) is 24.8 Å². The smallest absolute Gasteiger partial charge is 0.256 e. The van der Waals surface area contributed by atoms with Gasteiger partial charge in [-0.2, -0.15) is 9.40 Å². The van der Waals surface area contributed by atoms with Gasteiger partial charge in [-0.15, -0.1) is 0 Å². The van der Waals surface area contributed by atoms with Gasteiger partial charge in [-0.3, -0.25) is 4.79 Å². The lowest BCUT2D eigenvalue weighted by atomic mass is 10.2. The van der Waals surface area contributed by atoms with Crippen molar-refractivity contribution in [3.63, 3.8) is 0 Å². The molecule has 0 saturated carbocycles. The molecule has 27 heavy (non-hydrogen) atoms. The molecule has 0 radical (unpaired) electrons. The van der Waals surface area contributed by atoms with Crippen LogP contribution in [0.1, 0.15) is 23.7 Å². The van der Waals surface area contributed by atoms with E-state index >= 15 is 0 Å². The van der Waals surface area contributed by atoms with E-state index in [1.807, 2.05) is 6.92 Å². The zero-order valence-electron chi connectivity index (χ0n) is 14.9. The Bertz CT molecular complexity index is 923. The summed E-state index contributed by atoms with van der Waals surface area (Å²) in [7, 11) is -4.05. The van der Waals surface area contributed by atoms with Crippen LogP contribution < -0.4 is 5.32 Å². The minimum atomic E-state index is -4.05. The van der Waals surface area contributed by atoms with Crippen molar-refractivity contribution in [2.24, 2.45) is 0 Å². The number of aromatic nitrogens is 2. The van der Waals surface area contributed by atoms with E-state index in [9.17, 15) is 17.6 Å². The molecule has 1 saturated heterocycles. The van der Waals surface area contributed by atoms with Crippen LogP contribution in [0.3, 0.4) is 0 Å². The van der Waals surface area contributed by atoms with E-state index < -0.39 is 26.6 Å². The maximum absolute atomic E-state index is 14.2. The van der Waals surface area contributed by atoms with Crippen LogP contribution in [0.25, 0.3) is 0 Å². The SMILES string of the molecule is CCCn1nccc1NC(=O)c1ccc(F)c(S(=O)(=O)N2CCOCC2)c1. The summed E-state index contributed by atoms with van der Waals surface area (Å²) >= 11 is 0. The molecule has 1 amide bonds. The van der Waals surface area contributed by atoms with Crippen molar-refractivity contribution in [2.75, 3.05) is 31.6 Å². The second-order valence-corrected chi connectivity index (χ2v) is 7.96. The number of morpholine rings is 1. The van der Waals surface area contributed by atoms with Crippen LogP contribution in [-0.4, -0.2) is 54.7 Å². The van der Waals surface area contributed by atoms with Crippen LogP contribution in [0.5, 0.6) is 0 Å². The minimum Gasteiger partial charge on any atom is -0.379 e. The van der Waals surface area contributed by atoms with Gasteiger partial charge in [-0.1, -0.05) is 6.92 Å². The molecule has 1 aliphatic rings. The Morgan fingerprint density at radius 1 is 1.30 bits per heavy atom. The van der Waals surface area contributed by atoms with E-state index in [0.717, 1.165) is 22.9 Å². The van der Waals surface area contributed by atoms with Crippen molar-refractivity contribution in [1.82, 2.24) is 14.1 Å². The highest BCUT2D eigenvalue weighted by atomic mass is 32.2. The number of anilines is 1. The standard InChI is InChI=1S/C17H21FN4O4S/c1-2-7-22-16(5-6-19-22)20-17(23)13-3-4-14(18)15(12-13)27(24,25)21-8-10-26-11-9-21/h3-6,12H,2,7-11H2,1H3,(H,20,23). The summed E-state index contributed by atoms with van der Waals surface area (Å²) in [5, 5.41) is 6.79. The summed E-state index contributed by atoms with van der Waals surface area (Å²) in [5.41, 5.74) is 0.0486. The number of benzene rings is 1. The number of nitrogens with zero attached hydrogens (tertiary/aromatic N) is 3. The number of nitrogens with one attached hydrogen (secondary N) is 1. The second kappa shape index (κ2) is 8.15. The molecule has 10 heteroatoms. The van der Waals surface area contributed by atoms with E-state index in [1.165, 1.54) is 6.07 Å². The van der Waals surface area contributed by atoms with Gasteiger partial charge in [-0.25, -0.2) is 17.5 Å². The Kier molecular flexibility index (Phi) is 5.88. The quantitative estimate of drug-likeness (QED) is 0.802. The van der Waals surface area contributed by atoms with Gasteiger partial charge < -0.3 is 10.1 Å². The maximum atomic E-state index is 14.2. The molecule has 8 nitrogen and oxygen atoms in total. The van der Waals surface area contributed by atoms with Crippen LogP contribution in [-0.2, 0) is 21.3 Å². The average Bonchev–Trinajstić information content (AvgIpc) is 3.09. The zero-order chi connectivity index (χ0) is 19.4. The Labute approximate surface area is 157 Å². The van der Waals surface area contributed by atoms with Crippen molar-refractivity contribution in [3.05, 3.63) is 41.8 Å². The third-order valence-electron chi connectivity index (χ3n) is 4.17. The Morgan fingerprint density at radius 3 is 2.74 bits per heavy atom. The molecule has 0 unspecified atom stereocenters. The van der Waals surface area contributed by atoms with Crippen LogP contribution in [0.15, 0.2) is 35.4 Å². The van der Waals surface area contributed by atoms with E-state index in [0.29, 0.717) is 12.4 Å². The summed E-state index contributed by atoms with van der Waals surface area (Å²) in [5.74, 6) is -0.941. The highest BCUT2D eigenvalue weighted by Crippen LogP contribution is 2.22. The van der Waals surface area contributed by atoms with Crippen LogP contribution >= 0.6 is 0 Å². The van der Waals surface area contributed by atoms with Gasteiger partial charge in [0, 0.05) is 31.3 Å². The number of sulfonamides is 1. The van der Waals surface area contributed by atoms with Gasteiger partial charge in [0.15, 0.2) is 0 Å². The monoisotopic (exact) mass is 396 g/mol. The van der Waals surface area contributed by atoms with Crippen LogP contribution in [0.4, 0.5) is 10.2 Å². The number of carbonyl (C=O) groups excluding carboxylic acids is 1. The third kappa shape index (κ3) is 4.18. The number of halogens is 1. The lowest BCUT2D eigenvalue weighted by molar-refractivity contribution is 0.0729. The van der Waals surface area contributed by atoms with Gasteiger partial charge in [-0.05, 0) is 24.6 Å². The van der Waals surface area contributed by atoms with Gasteiger partial charge in [0.05, 0.1) is 19.4 Å². The molecule has 2 aromatic rings. The van der Waals surface area contributed by atoms with Gasteiger partial charge in [0.1, 0.15) is 16.5 Å². The second-order valence-electron chi connectivity index (χ2n) is 6.06. The first-order chi connectivity index (χ1) is 12.9. The molecule has 0 bridgehead atoms. The Balaban J connectivity index is 1.86. The van der Waals surface area contributed by atoms with Crippen molar-refractivity contribution < 1.29 is 22.3 Å². The zero-order valence-corrected chi connectivity index (χ0v) is 15.7. The highest BCUT2D eigenvalue weighted by molar-refractivity contribution is 7.89.